The summed E-state index contributed by atoms with van der Waals surface area (Å²) in [6, 6.07) is 17.4. The van der Waals surface area contributed by atoms with Crippen LogP contribution in [0.25, 0.3) is 11.3 Å². The zero-order valence-electron chi connectivity index (χ0n) is 11.6. The third-order valence-corrected chi connectivity index (χ3v) is 3.45. The third-order valence-electron chi connectivity index (χ3n) is 3.45. The number of carbonyl (C=O) groups is 1. The molecular formula is C17H15NO3. The van der Waals surface area contributed by atoms with Crippen molar-refractivity contribution in [3.05, 3.63) is 71.8 Å². The minimum Gasteiger partial charge on any atom is -0.475 e. The first-order chi connectivity index (χ1) is 10.1. The number of aromatic nitrogens is 1. The smallest absolute Gasteiger partial charge is 0.371 e. The average Bonchev–Trinajstić information content (AvgIpc) is 3.09. The molecule has 0 fully saturated rings. The molecular weight excluding hydrogens is 266 g/mol. The van der Waals surface area contributed by atoms with Crippen LogP contribution in [0.4, 0.5) is 0 Å². The van der Waals surface area contributed by atoms with Gasteiger partial charge in [0.2, 0.25) is 5.76 Å². The van der Waals surface area contributed by atoms with Crippen molar-refractivity contribution in [1.29, 1.82) is 0 Å². The van der Waals surface area contributed by atoms with Crippen LogP contribution in [0, 0.1) is 6.92 Å². The molecule has 3 rings (SSSR count). The maximum Gasteiger partial charge on any atom is 0.371 e. The number of furan rings is 1. The lowest BCUT2D eigenvalue weighted by atomic mass is 10.1. The van der Waals surface area contributed by atoms with E-state index >= 15 is 0 Å². The molecule has 0 saturated carbocycles. The Morgan fingerprint density at radius 2 is 1.86 bits per heavy atom. The van der Waals surface area contributed by atoms with Gasteiger partial charge in [-0.15, -0.1) is 0 Å². The molecule has 0 amide bonds. The summed E-state index contributed by atoms with van der Waals surface area (Å²) < 4.78 is 7.45. The number of carboxylic acid groups (broad SMARTS) is 1. The Bertz CT molecular complexity index is 768. The Kier molecular flexibility index (Phi) is 3.36. The second-order valence-electron chi connectivity index (χ2n) is 4.88. The molecule has 3 aromatic rings. The Morgan fingerprint density at radius 3 is 2.52 bits per heavy atom. The maximum absolute atomic E-state index is 10.9. The molecule has 0 unspecified atom stereocenters. The van der Waals surface area contributed by atoms with Crippen LogP contribution in [-0.2, 0) is 6.54 Å². The zero-order valence-corrected chi connectivity index (χ0v) is 11.6. The van der Waals surface area contributed by atoms with Gasteiger partial charge in [-0.25, -0.2) is 4.79 Å². The maximum atomic E-state index is 10.9. The molecule has 0 bridgehead atoms. The van der Waals surface area contributed by atoms with Gasteiger partial charge in [0.15, 0.2) is 0 Å². The van der Waals surface area contributed by atoms with Crippen LogP contribution < -0.4 is 0 Å². The number of rotatable bonds is 4. The summed E-state index contributed by atoms with van der Waals surface area (Å²) in [5, 5.41) is 8.91. The molecule has 0 aliphatic heterocycles. The fraction of sp³-hybridized carbons (Fsp3) is 0.118. The second kappa shape index (κ2) is 5.32. The first kappa shape index (κ1) is 13.2. The van der Waals surface area contributed by atoms with Crippen LogP contribution in [0.3, 0.4) is 0 Å². The molecule has 0 aliphatic carbocycles. The van der Waals surface area contributed by atoms with Crippen molar-refractivity contribution in [3.63, 3.8) is 0 Å². The number of hydrogen-bond donors (Lipinski definition) is 1. The highest BCUT2D eigenvalue weighted by molar-refractivity contribution is 5.84. The van der Waals surface area contributed by atoms with Gasteiger partial charge in [-0.1, -0.05) is 30.3 Å². The summed E-state index contributed by atoms with van der Waals surface area (Å²) in [4.78, 5) is 10.9. The Hall–Kier alpha value is -2.75. The van der Waals surface area contributed by atoms with Crippen LogP contribution >= 0.6 is 0 Å². The van der Waals surface area contributed by atoms with E-state index in [-0.39, 0.29) is 5.76 Å². The third kappa shape index (κ3) is 2.60. The molecule has 4 nitrogen and oxygen atoms in total. The summed E-state index contributed by atoms with van der Waals surface area (Å²) in [6.07, 6.45) is 0. The van der Waals surface area contributed by atoms with Crippen molar-refractivity contribution >= 4 is 5.97 Å². The number of benzene rings is 1. The van der Waals surface area contributed by atoms with Gasteiger partial charge in [-0.3, -0.25) is 0 Å². The van der Waals surface area contributed by atoms with E-state index in [9.17, 15) is 4.79 Å². The van der Waals surface area contributed by atoms with E-state index in [1.54, 1.807) is 6.07 Å². The van der Waals surface area contributed by atoms with E-state index in [0.717, 1.165) is 17.0 Å². The first-order valence-corrected chi connectivity index (χ1v) is 6.69. The topological polar surface area (TPSA) is 55.4 Å². The highest BCUT2D eigenvalue weighted by atomic mass is 16.4. The van der Waals surface area contributed by atoms with Gasteiger partial charge in [0, 0.05) is 11.4 Å². The molecule has 21 heavy (non-hydrogen) atoms. The van der Waals surface area contributed by atoms with Crippen molar-refractivity contribution in [2.75, 3.05) is 0 Å². The van der Waals surface area contributed by atoms with Gasteiger partial charge < -0.3 is 14.1 Å². The van der Waals surface area contributed by atoms with Gasteiger partial charge in [-0.2, -0.15) is 0 Å². The monoisotopic (exact) mass is 281 g/mol. The molecule has 0 radical (unpaired) electrons. The predicted octanol–water partition coefficient (Wildman–Crippen LogP) is 3.80. The van der Waals surface area contributed by atoms with Crippen LogP contribution in [0.5, 0.6) is 0 Å². The lowest BCUT2D eigenvalue weighted by molar-refractivity contribution is 0.0660. The lowest BCUT2D eigenvalue weighted by Crippen LogP contribution is -2.03. The molecule has 4 heteroatoms. The van der Waals surface area contributed by atoms with Crippen molar-refractivity contribution in [1.82, 2.24) is 4.57 Å². The molecule has 0 aliphatic rings. The highest BCUT2D eigenvalue weighted by Crippen LogP contribution is 2.24. The van der Waals surface area contributed by atoms with Gasteiger partial charge in [-0.05, 0) is 36.8 Å². The minimum absolute atomic E-state index is 0.0314. The van der Waals surface area contributed by atoms with Crippen LogP contribution in [0.15, 0.2) is 59.0 Å². The summed E-state index contributed by atoms with van der Waals surface area (Å²) in [5.74, 6) is -0.450. The zero-order chi connectivity index (χ0) is 14.8. The van der Waals surface area contributed by atoms with E-state index < -0.39 is 5.97 Å². The van der Waals surface area contributed by atoms with Gasteiger partial charge in [0.1, 0.15) is 5.76 Å². The SMILES string of the molecule is Cc1ccc(-c2ccccc2)n1Cc1ccc(C(=O)O)o1. The molecule has 2 aromatic heterocycles. The fourth-order valence-electron chi connectivity index (χ4n) is 2.37. The number of aromatic carboxylic acids is 1. The highest BCUT2D eigenvalue weighted by Gasteiger charge is 2.12. The molecule has 106 valence electrons. The van der Waals surface area contributed by atoms with Crippen LogP contribution in [0.1, 0.15) is 22.0 Å². The Balaban J connectivity index is 1.95. The van der Waals surface area contributed by atoms with E-state index in [1.807, 2.05) is 31.2 Å². The summed E-state index contributed by atoms with van der Waals surface area (Å²) in [7, 11) is 0. The molecule has 0 atom stereocenters. The van der Waals surface area contributed by atoms with Crippen LogP contribution in [0.2, 0.25) is 0 Å². The molecule has 2 heterocycles. The molecule has 1 N–H and O–H groups in total. The molecule has 1 aromatic carbocycles. The Morgan fingerprint density at radius 1 is 1.10 bits per heavy atom. The van der Waals surface area contributed by atoms with Gasteiger partial charge in [0.05, 0.1) is 6.54 Å². The van der Waals surface area contributed by atoms with Crippen LogP contribution in [-0.4, -0.2) is 15.6 Å². The van der Waals surface area contributed by atoms with E-state index in [1.165, 1.54) is 6.07 Å². The van der Waals surface area contributed by atoms with Crippen molar-refractivity contribution < 1.29 is 14.3 Å². The summed E-state index contributed by atoms with van der Waals surface area (Å²) in [6.45, 7) is 2.53. The minimum atomic E-state index is -1.05. The lowest BCUT2D eigenvalue weighted by Gasteiger charge is -2.10. The largest absolute Gasteiger partial charge is 0.475 e. The number of aryl methyl sites for hydroxylation is 1. The average molecular weight is 281 g/mol. The van der Waals surface area contributed by atoms with Gasteiger partial charge in [0.25, 0.3) is 0 Å². The normalized spacial score (nSPS) is 10.7. The summed E-state index contributed by atoms with van der Waals surface area (Å²) >= 11 is 0. The Labute approximate surface area is 122 Å². The predicted molar refractivity (Wildman–Crippen MR) is 79.4 cm³/mol. The van der Waals surface area contributed by atoms with E-state index in [0.29, 0.717) is 12.3 Å². The first-order valence-electron chi connectivity index (χ1n) is 6.69. The van der Waals surface area contributed by atoms with Crippen molar-refractivity contribution in [2.24, 2.45) is 0 Å². The van der Waals surface area contributed by atoms with Crippen molar-refractivity contribution in [3.8, 4) is 11.3 Å². The molecule has 0 spiro atoms. The summed E-state index contributed by atoms with van der Waals surface area (Å²) in [5.41, 5.74) is 3.30. The quantitative estimate of drug-likeness (QED) is 0.791. The van der Waals surface area contributed by atoms with Crippen molar-refractivity contribution in [2.45, 2.75) is 13.5 Å². The molecule has 0 saturated heterocycles. The number of nitrogens with zero attached hydrogens (tertiary/aromatic N) is 1. The number of hydrogen-bond acceptors (Lipinski definition) is 2. The number of carboxylic acids is 1. The van der Waals surface area contributed by atoms with E-state index in [2.05, 4.69) is 22.8 Å². The second-order valence-corrected chi connectivity index (χ2v) is 4.88. The van der Waals surface area contributed by atoms with E-state index in [4.69, 9.17) is 9.52 Å². The van der Waals surface area contributed by atoms with Gasteiger partial charge >= 0.3 is 5.97 Å². The fourth-order valence-corrected chi connectivity index (χ4v) is 2.37. The standard InChI is InChI=1S/C17H15NO3/c1-12-7-9-15(13-5-3-2-4-6-13)18(12)11-14-8-10-16(21-14)17(19)20/h2-10H,11H2,1H3,(H,19,20).